The van der Waals surface area contributed by atoms with Gasteiger partial charge < -0.3 is 19.8 Å². The number of furan rings is 1. The van der Waals surface area contributed by atoms with Crippen molar-refractivity contribution in [2.24, 2.45) is 0 Å². The zero-order valence-corrected chi connectivity index (χ0v) is 23.7. The van der Waals surface area contributed by atoms with Crippen molar-refractivity contribution in [3.05, 3.63) is 87.4 Å². The number of rotatable bonds is 9. The Kier molecular flexibility index (Phi) is 8.52. The molecule has 0 aliphatic heterocycles. The van der Waals surface area contributed by atoms with Crippen LogP contribution in [0.15, 0.2) is 59.0 Å². The molecule has 0 saturated heterocycles. The van der Waals surface area contributed by atoms with Gasteiger partial charge in [-0.05, 0) is 83.4 Å². The van der Waals surface area contributed by atoms with Gasteiger partial charge in [0.2, 0.25) is 11.3 Å². The lowest BCUT2D eigenvalue weighted by molar-refractivity contribution is -0.136. The maximum Gasteiger partial charge on any atom is 0.489 e. The number of benzene rings is 3. The summed E-state index contributed by atoms with van der Waals surface area (Å²) in [6, 6.07) is 13.2. The fourth-order valence-electron chi connectivity index (χ4n) is 5.00. The summed E-state index contributed by atoms with van der Waals surface area (Å²) in [5.74, 6) is 0.114. The second kappa shape index (κ2) is 11.8. The van der Waals surface area contributed by atoms with Crippen LogP contribution in [0.25, 0.3) is 22.3 Å². The molecule has 1 atom stereocenters. The van der Waals surface area contributed by atoms with Gasteiger partial charge >= 0.3 is 13.3 Å². The minimum Gasteiger partial charge on any atom is -0.455 e. The van der Waals surface area contributed by atoms with E-state index in [-0.39, 0.29) is 30.5 Å². The predicted molar refractivity (Wildman–Crippen MR) is 153 cm³/mol. The number of amides is 1. The number of nitrogens with one attached hydrogen (secondary N) is 1. The lowest BCUT2D eigenvalue weighted by Crippen LogP contribution is -2.36. The molecule has 1 aliphatic carbocycles. The van der Waals surface area contributed by atoms with E-state index in [1.165, 1.54) is 13.1 Å². The van der Waals surface area contributed by atoms with Crippen LogP contribution >= 0.6 is 11.6 Å². The molecule has 0 spiro atoms. The average molecular weight is 621 g/mol. The van der Waals surface area contributed by atoms with Crippen molar-refractivity contribution in [3.63, 3.8) is 0 Å². The lowest BCUT2D eigenvalue weighted by Gasteiger charge is -2.21. The standard InChI is InChI=1S/C28H25BClF3N2O6S/c1-34-27(36)25-21-12-20(16-3-4-16)18(11-24(21)41-26(25)17-5-7-19(30)8-6-17)14-35(42(39)40)13-15-2-9-23(29(37)38)22(10-15)28(31,32)33/h2,5-12,16,37-38H,3-4,13-14H2,1H3,(H,34,36)(H,39,40). The van der Waals surface area contributed by atoms with E-state index in [1.807, 2.05) is 6.07 Å². The van der Waals surface area contributed by atoms with Gasteiger partial charge in [0.1, 0.15) is 11.3 Å². The fourth-order valence-corrected chi connectivity index (χ4v) is 5.64. The second-order valence-corrected chi connectivity index (χ2v) is 11.4. The van der Waals surface area contributed by atoms with Crippen molar-refractivity contribution in [2.75, 3.05) is 7.05 Å². The molecule has 5 rings (SSSR count). The van der Waals surface area contributed by atoms with E-state index in [0.29, 0.717) is 38.4 Å². The van der Waals surface area contributed by atoms with Crippen molar-refractivity contribution < 1.29 is 41.2 Å². The molecule has 1 saturated carbocycles. The molecule has 220 valence electrons. The summed E-state index contributed by atoms with van der Waals surface area (Å²) in [4.78, 5) is 13.0. The Morgan fingerprint density at radius 2 is 1.81 bits per heavy atom. The molecule has 4 aromatic rings. The topological polar surface area (TPSA) is 123 Å². The van der Waals surface area contributed by atoms with Crippen LogP contribution in [0, 0.1) is 0 Å². The Morgan fingerprint density at radius 3 is 2.38 bits per heavy atom. The molecule has 3 aromatic carbocycles. The van der Waals surface area contributed by atoms with Crippen molar-refractivity contribution in [3.8, 4) is 11.3 Å². The fraction of sp³-hybridized carbons (Fsp3) is 0.250. The molecule has 14 heteroatoms. The average Bonchev–Trinajstić information content (AvgIpc) is 3.72. The molecule has 1 heterocycles. The van der Waals surface area contributed by atoms with E-state index in [9.17, 15) is 36.8 Å². The van der Waals surface area contributed by atoms with Gasteiger partial charge in [-0.1, -0.05) is 23.7 Å². The Hall–Kier alpha value is -3.20. The number of nitrogens with zero attached hydrogens (tertiary/aromatic N) is 1. The summed E-state index contributed by atoms with van der Waals surface area (Å²) in [6.07, 6.45) is -3.12. The van der Waals surface area contributed by atoms with Gasteiger partial charge in [-0.15, -0.1) is 0 Å². The number of halogens is 4. The summed E-state index contributed by atoms with van der Waals surface area (Å²) in [6.45, 7) is -0.448. The predicted octanol–water partition coefficient (Wildman–Crippen LogP) is 4.83. The third-order valence-electron chi connectivity index (χ3n) is 7.16. The lowest BCUT2D eigenvalue weighted by atomic mass is 9.76. The van der Waals surface area contributed by atoms with Gasteiger partial charge in [0, 0.05) is 36.1 Å². The van der Waals surface area contributed by atoms with Gasteiger partial charge in [-0.25, -0.2) is 4.21 Å². The first-order chi connectivity index (χ1) is 19.9. The van der Waals surface area contributed by atoms with Crippen molar-refractivity contribution >= 4 is 52.3 Å². The highest BCUT2D eigenvalue weighted by molar-refractivity contribution is 7.76. The monoisotopic (exact) mass is 620 g/mol. The molecule has 1 unspecified atom stereocenters. The third kappa shape index (κ3) is 6.26. The van der Waals surface area contributed by atoms with Gasteiger partial charge in [-0.3, -0.25) is 9.35 Å². The van der Waals surface area contributed by atoms with Crippen molar-refractivity contribution in [2.45, 2.75) is 38.0 Å². The molecule has 1 amide bonds. The highest BCUT2D eigenvalue weighted by Crippen LogP contribution is 2.45. The van der Waals surface area contributed by atoms with E-state index in [0.717, 1.165) is 34.8 Å². The van der Waals surface area contributed by atoms with Crippen LogP contribution in [-0.4, -0.2) is 43.2 Å². The Labute approximate surface area is 246 Å². The van der Waals surface area contributed by atoms with E-state index in [2.05, 4.69) is 5.32 Å². The summed E-state index contributed by atoms with van der Waals surface area (Å²) in [7, 11) is -0.826. The number of hydrogen-bond acceptors (Lipinski definition) is 5. The summed E-state index contributed by atoms with van der Waals surface area (Å²) < 4.78 is 70.5. The molecule has 1 aromatic heterocycles. The summed E-state index contributed by atoms with van der Waals surface area (Å²) in [5.41, 5.74) is 0.884. The number of hydrogen-bond donors (Lipinski definition) is 4. The van der Waals surface area contributed by atoms with Crippen LogP contribution in [0.5, 0.6) is 0 Å². The van der Waals surface area contributed by atoms with Crippen LogP contribution in [0.4, 0.5) is 13.2 Å². The van der Waals surface area contributed by atoms with Gasteiger partial charge in [-0.2, -0.15) is 17.5 Å². The molecule has 8 nitrogen and oxygen atoms in total. The molecule has 1 fully saturated rings. The minimum absolute atomic E-state index is 0.0492. The molecule has 1 aliphatic rings. The van der Waals surface area contributed by atoms with Crippen LogP contribution in [-0.2, 0) is 30.5 Å². The van der Waals surface area contributed by atoms with Crippen LogP contribution in [0.3, 0.4) is 0 Å². The quantitative estimate of drug-likeness (QED) is 0.157. The van der Waals surface area contributed by atoms with E-state index in [1.54, 1.807) is 30.3 Å². The largest absolute Gasteiger partial charge is 0.489 e. The number of carbonyl (C=O) groups is 1. The molecule has 4 N–H and O–H groups in total. The second-order valence-electron chi connectivity index (χ2n) is 10.0. The number of fused-ring (bicyclic) bond motifs is 1. The zero-order valence-electron chi connectivity index (χ0n) is 22.1. The van der Waals surface area contributed by atoms with E-state index in [4.69, 9.17) is 16.0 Å². The summed E-state index contributed by atoms with van der Waals surface area (Å²) >= 11 is 3.46. The number of carbonyl (C=O) groups excluding carboxylic acids is 1. The first kappa shape index (κ1) is 30.3. The Bertz CT molecular complexity index is 1680. The molecule has 0 radical (unpaired) electrons. The van der Waals surface area contributed by atoms with Gasteiger partial charge in [0.15, 0.2) is 0 Å². The molecular weight excluding hydrogens is 596 g/mol. The highest BCUT2D eigenvalue weighted by Gasteiger charge is 2.37. The zero-order chi connectivity index (χ0) is 30.3. The van der Waals surface area contributed by atoms with Crippen LogP contribution in [0.2, 0.25) is 5.02 Å². The molecule has 0 bridgehead atoms. The van der Waals surface area contributed by atoms with Gasteiger partial charge in [0.25, 0.3) is 5.91 Å². The SMILES string of the molecule is CNC(=O)c1c(-c2ccc(Cl)cc2)oc2cc(CN(Cc3ccc(B(O)O)c(C(F)(F)F)c3)S(=O)O)c(C3CC3)cc12. The van der Waals surface area contributed by atoms with E-state index < -0.39 is 35.6 Å². The molecule has 42 heavy (non-hydrogen) atoms. The summed E-state index contributed by atoms with van der Waals surface area (Å²) in [5, 5.41) is 22.5. The minimum atomic E-state index is -4.87. The van der Waals surface area contributed by atoms with Crippen molar-refractivity contribution in [1.29, 1.82) is 0 Å². The van der Waals surface area contributed by atoms with Crippen molar-refractivity contribution in [1.82, 2.24) is 9.62 Å². The first-order valence-electron chi connectivity index (χ1n) is 12.9. The highest BCUT2D eigenvalue weighted by atomic mass is 35.5. The van der Waals surface area contributed by atoms with Gasteiger partial charge in [0.05, 0.1) is 11.1 Å². The normalized spacial score (nSPS) is 14.4. The first-order valence-corrected chi connectivity index (χ1v) is 14.3. The Balaban J connectivity index is 1.56. The van der Waals surface area contributed by atoms with E-state index >= 15 is 0 Å². The Morgan fingerprint density at radius 1 is 1.12 bits per heavy atom. The third-order valence-corrected chi connectivity index (χ3v) is 8.11. The maximum absolute atomic E-state index is 13.6. The smallest absolute Gasteiger partial charge is 0.455 e. The van der Waals surface area contributed by atoms with Crippen LogP contribution < -0.4 is 10.8 Å². The number of alkyl halides is 3. The maximum atomic E-state index is 13.6. The van der Waals surface area contributed by atoms with Crippen LogP contribution in [0.1, 0.15) is 51.4 Å². The molecular formula is C28H25BClF3N2O6S.